The molecule has 2 rings (SSSR count). The maximum Gasteiger partial charge on any atom is 0.336 e. The summed E-state index contributed by atoms with van der Waals surface area (Å²) in [6.07, 6.45) is 1.53. The number of benzene rings is 2. The van der Waals surface area contributed by atoms with E-state index in [1.165, 1.54) is 20.3 Å². The summed E-state index contributed by atoms with van der Waals surface area (Å²) in [7, 11) is 3.01. The molecule has 0 aliphatic heterocycles. The number of nitrogen functional groups attached to an aromatic ring is 1. The van der Waals surface area contributed by atoms with Crippen LogP contribution in [-0.2, 0) is 4.79 Å². The first kappa shape index (κ1) is 16.9. The van der Waals surface area contributed by atoms with Gasteiger partial charge in [-0.3, -0.25) is 0 Å². The number of carbonyl (C=O) groups is 1. The Morgan fingerprint density at radius 2 is 1.78 bits per heavy atom. The second-order valence-electron chi connectivity index (χ2n) is 4.68. The monoisotopic (exact) mass is 377 g/mol. The van der Waals surface area contributed by atoms with Crippen molar-refractivity contribution >= 4 is 39.2 Å². The number of hydrogen-bond donors (Lipinski definition) is 2. The minimum absolute atomic E-state index is 0.0933. The van der Waals surface area contributed by atoms with Gasteiger partial charge >= 0.3 is 5.97 Å². The molecule has 2 aromatic rings. The third kappa shape index (κ3) is 3.65. The van der Waals surface area contributed by atoms with Crippen molar-refractivity contribution in [1.82, 2.24) is 0 Å². The molecule has 0 unspecified atom stereocenters. The van der Waals surface area contributed by atoms with Crippen molar-refractivity contribution in [3.63, 3.8) is 0 Å². The molecule has 3 N–H and O–H groups in total. The smallest absolute Gasteiger partial charge is 0.336 e. The van der Waals surface area contributed by atoms with Gasteiger partial charge in [-0.2, -0.15) is 0 Å². The van der Waals surface area contributed by atoms with E-state index in [-0.39, 0.29) is 5.57 Å². The lowest BCUT2D eigenvalue weighted by atomic mass is 10.0. The van der Waals surface area contributed by atoms with Gasteiger partial charge in [-0.05, 0) is 29.8 Å². The fourth-order valence-corrected chi connectivity index (χ4v) is 2.65. The van der Waals surface area contributed by atoms with Crippen molar-refractivity contribution in [3.8, 4) is 11.5 Å². The summed E-state index contributed by atoms with van der Waals surface area (Å²) in [6.45, 7) is 0. The van der Waals surface area contributed by atoms with Gasteiger partial charge in [0.15, 0.2) is 11.5 Å². The standard InChI is InChI=1S/C17H16BrNO4/c1-22-15-8-11(13(18)9-16(15)23-2)12(17(20)21)7-10-5-3-4-6-14(10)19/h3-9H,19H2,1-2H3,(H,20,21). The number of methoxy groups -OCH3 is 2. The van der Waals surface area contributed by atoms with Gasteiger partial charge < -0.3 is 20.3 Å². The van der Waals surface area contributed by atoms with Gasteiger partial charge in [0.05, 0.1) is 19.8 Å². The van der Waals surface area contributed by atoms with Crippen molar-refractivity contribution in [3.05, 3.63) is 52.0 Å². The number of hydrogen-bond acceptors (Lipinski definition) is 4. The summed E-state index contributed by atoms with van der Waals surface area (Å²) in [6, 6.07) is 10.3. The second kappa shape index (κ2) is 7.19. The highest BCUT2D eigenvalue weighted by atomic mass is 79.9. The van der Waals surface area contributed by atoms with Gasteiger partial charge in [0.1, 0.15) is 0 Å². The highest BCUT2D eigenvalue weighted by Gasteiger charge is 2.18. The molecule has 0 saturated heterocycles. The third-order valence-electron chi connectivity index (χ3n) is 3.29. The van der Waals surface area contributed by atoms with Crippen LogP contribution in [-0.4, -0.2) is 25.3 Å². The topological polar surface area (TPSA) is 81.8 Å². The molecule has 120 valence electrons. The molecular weight excluding hydrogens is 362 g/mol. The van der Waals surface area contributed by atoms with Crippen molar-refractivity contribution in [2.45, 2.75) is 0 Å². The Morgan fingerprint density at radius 3 is 2.35 bits per heavy atom. The van der Waals surface area contributed by atoms with E-state index >= 15 is 0 Å². The predicted octanol–water partition coefficient (Wildman–Crippen LogP) is 3.67. The fourth-order valence-electron chi connectivity index (χ4n) is 2.11. The molecule has 0 fully saturated rings. The molecular formula is C17H16BrNO4. The third-order valence-corrected chi connectivity index (χ3v) is 3.95. The van der Waals surface area contributed by atoms with E-state index in [2.05, 4.69) is 15.9 Å². The number of ether oxygens (including phenoxy) is 2. The number of carboxylic acids is 1. The SMILES string of the molecule is COc1cc(Br)c(C(=Cc2ccccc2N)C(=O)O)cc1OC. The van der Waals surface area contributed by atoms with Gasteiger partial charge in [-0.1, -0.05) is 34.1 Å². The van der Waals surface area contributed by atoms with Crippen molar-refractivity contribution in [1.29, 1.82) is 0 Å². The Hall–Kier alpha value is -2.47. The zero-order valence-corrected chi connectivity index (χ0v) is 14.3. The van der Waals surface area contributed by atoms with E-state index in [1.807, 2.05) is 0 Å². The molecule has 0 radical (unpaired) electrons. The van der Waals surface area contributed by atoms with Gasteiger partial charge in [0, 0.05) is 15.7 Å². The van der Waals surface area contributed by atoms with Crippen LogP contribution in [0.25, 0.3) is 11.6 Å². The van der Waals surface area contributed by atoms with E-state index in [0.29, 0.717) is 32.8 Å². The number of aliphatic carboxylic acids is 1. The van der Waals surface area contributed by atoms with Crippen LogP contribution < -0.4 is 15.2 Å². The first-order chi connectivity index (χ1) is 11.0. The number of para-hydroxylation sites is 1. The second-order valence-corrected chi connectivity index (χ2v) is 5.53. The zero-order valence-electron chi connectivity index (χ0n) is 12.7. The van der Waals surface area contributed by atoms with E-state index < -0.39 is 5.97 Å². The van der Waals surface area contributed by atoms with Gasteiger partial charge in [0.2, 0.25) is 0 Å². The highest BCUT2D eigenvalue weighted by molar-refractivity contribution is 9.10. The number of carboxylic acid groups (broad SMARTS) is 1. The Morgan fingerprint density at radius 1 is 1.17 bits per heavy atom. The normalized spacial score (nSPS) is 11.2. The van der Waals surface area contributed by atoms with Crippen LogP contribution >= 0.6 is 15.9 Å². The zero-order chi connectivity index (χ0) is 17.0. The molecule has 0 aromatic heterocycles. The van der Waals surface area contributed by atoms with Crippen LogP contribution in [0.3, 0.4) is 0 Å². The molecule has 0 bridgehead atoms. The summed E-state index contributed by atoms with van der Waals surface area (Å²) < 4.78 is 11.0. The minimum atomic E-state index is -1.07. The van der Waals surface area contributed by atoms with Crippen LogP contribution in [0.5, 0.6) is 11.5 Å². The first-order valence-electron chi connectivity index (χ1n) is 6.69. The van der Waals surface area contributed by atoms with Crippen LogP contribution in [0.2, 0.25) is 0 Å². The number of rotatable bonds is 5. The minimum Gasteiger partial charge on any atom is -0.493 e. The van der Waals surface area contributed by atoms with Gasteiger partial charge in [-0.15, -0.1) is 0 Å². The number of anilines is 1. The average molecular weight is 378 g/mol. The van der Waals surface area contributed by atoms with E-state index in [4.69, 9.17) is 15.2 Å². The summed E-state index contributed by atoms with van der Waals surface area (Å²) in [5.41, 5.74) is 7.59. The quantitative estimate of drug-likeness (QED) is 0.471. The van der Waals surface area contributed by atoms with E-state index in [0.717, 1.165) is 0 Å². The summed E-state index contributed by atoms with van der Waals surface area (Å²) in [5, 5.41) is 9.59. The summed E-state index contributed by atoms with van der Waals surface area (Å²) >= 11 is 3.38. The Labute approximate surface area is 142 Å². The number of halogens is 1. The lowest BCUT2D eigenvalue weighted by Crippen LogP contribution is -2.02. The highest BCUT2D eigenvalue weighted by Crippen LogP contribution is 2.37. The molecule has 23 heavy (non-hydrogen) atoms. The fraction of sp³-hybridized carbons (Fsp3) is 0.118. The summed E-state index contributed by atoms with van der Waals surface area (Å²) in [4.78, 5) is 11.7. The molecule has 0 aliphatic carbocycles. The lowest BCUT2D eigenvalue weighted by molar-refractivity contribution is -0.130. The molecule has 5 nitrogen and oxygen atoms in total. The molecule has 0 amide bonds. The largest absolute Gasteiger partial charge is 0.493 e. The number of nitrogens with two attached hydrogens (primary N) is 1. The van der Waals surface area contributed by atoms with Crippen LogP contribution in [0.4, 0.5) is 5.69 Å². The Kier molecular flexibility index (Phi) is 5.28. The van der Waals surface area contributed by atoms with E-state index in [9.17, 15) is 9.90 Å². The van der Waals surface area contributed by atoms with E-state index in [1.54, 1.807) is 36.4 Å². The lowest BCUT2D eigenvalue weighted by Gasteiger charge is -2.13. The molecule has 0 heterocycles. The van der Waals surface area contributed by atoms with Crippen molar-refractivity contribution in [2.24, 2.45) is 0 Å². The Bertz CT molecular complexity index is 771. The Balaban J connectivity index is 2.64. The molecule has 0 aliphatic rings. The first-order valence-corrected chi connectivity index (χ1v) is 7.48. The average Bonchev–Trinajstić information content (AvgIpc) is 2.54. The predicted molar refractivity (Wildman–Crippen MR) is 93.6 cm³/mol. The van der Waals surface area contributed by atoms with Crippen LogP contribution in [0, 0.1) is 0 Å². The van der Waals surface area contributed by atoms with Crippen molar-refractivity contribution < 1.29 is 19.4 Å². The molecule has 0 atom stereocenters. The molecule has 2 aromatic carbocycles. The molecule has 6 heteroatoms. The summed E-state index contributed by atoms with van der Waals surface area (Å²) in [5.74, 6) is -0.118. The van der Waals surface area contributed by atoms with Gasteiger partial charge in [0.25, 0.3) is 0 Å². The molecule has 0 saturated carbocycles. The molecule has 0 spiro atoms. The maximum atomic E-state index is 11.7. The van der Waals surface area contributed by atoms with Gasteiger partial charge in [-0.25, -0.2) is 4.79 Å². The van der Waals surface area contributed by atoms with Crippen LogP contribution in [0.1, 0.15) is 11.1 Å². The van der Waals surface area contributed by atoms with Crippen LogP contribution in [0.15, 0.2) is 40.9 Å². The van der Waals surface area contributed by atoms with Crippen molar-refractivity contribution in [2.75, 3.05) is 20.0 Å². The maximum absolute atomic E-state index is 11.7.